The molecular formula is C11H20N2O3S2. The Morgan fingerprint density at radius 1 is 1.56 bits per heavy atom. The number of nitrogens with one attached hydrogen (secondary N) is 1. The van der Waals surface area contributed by atoms with Crippen molar-refractivity contribution >= 4 is 35.5 Å². The van der Waals surface area contributed by atoms with Crippen molar-refractivity contribution in [1.82, 2.24) is 10.2 Å². The molecule has 1 heterocycles. The topological polar surface area (TPSA) is 69.6 Å². The minimum atomic E-state index is -0.925. The SMILES string of the molecule is CSCCNC(=O)N1C(C(=O)O)CSC1C(C)C. The highest BCUT2D eigenvalue weighted by molar-refractivity contribution is 8.00. The number of hydrogen-bond acceptors (Lipinski definition) is 4. The molecule has 1 aliphatic rings. The van der Waals surface area contributed by atoms with Gasteiger partial charge in [0.1, 0.15) is 6.04 Å². The van der Waals surface area contributed by atoms with Gasteiger partial charge >= 0.3 is 12.0 Å². The van der Waals surface area contributed by atoms with Crippen LogP contribution in [-0.4, -0.2) is 57.7 Å². The first kappa shape index (κ1) is 15.5. The van der Waals surface area contributed by atoms with Gasteiger partial charge in [0.2, 0.25) is 0 Å². The zero-order valence-corrected chi connectivity index (χ0v) is 12.5. The summed E-state index contributed by atoms with van der Waals surface area (Å²) in [5.41, 5.74) is 0. The summed E-state index contributed by atoms with van der Waals surface area (Å²) in [4.78, 5) is 24.7. The maximum Gasteiger partial charge on any atom is 0.327 e. The number of thioether (sulfide) groups is 2. The van der Waals surface area contributed by atoms with E-state index in [1.54, 1.807) is 23.5 Å². The predicted molar refractivity (Wildman–Crippen MR) is 76.1 cm³/mol. The fourth-order valence-electron chi connectivity index (χ4n) is 1.84. The van der Waals surface area contributed by atoms with Crippen LogP contribution in [0.15, 0.2) is 0 Å². The molecule has 2 N–H and O–H groups in total. The molecule has 5 nitrogen and oxygen atoms in total. The van der Waals surface area contributed by atoms with Crippen molar-refractivity contribution in [2.45, 2.75) is 25.3 Å². The number of urea groups is 1. The molecule has 0 spiro atoms. The molecule has 1 aliphatic heterocycles. The number of carbonyl (C=O) groups excluding carboxylic acids is 1. The Morgan fingerprint density at radius 2 is 2.22 bits per heavy atom. The average molecular weight is 292 g/mol. The first-order valence-corrected chi connectivity index (χ1v) is 8.32. The minimum absolute atomic E-state index is 0.0552. The van der Waals surface area contributed by atoms with Crippen LogP contribution in [-0.2, 0) is 4.79 Å². The van der Waals surface area contributed by atoms with E-state index >= 15 is 0 Å². The maximum absolute atomic E-state index is 12.1. The van der Waals surface area contributed by atoms with Crippen molar-refractivity contribution in [3.8, 4) is 0 Å². The highest BCUT2D eigenvalue weighted by atomic mass is 32.2. The van der Waals surface area contributed by atoms with Crippen LogP contribution < -0.4 is 5.32 Å². The van der Waals surface area contributed by atoms with Crippen molar-refractivity contribution in [2.75, 3.05) is 24.3 Å². The number of aliphatic carboxylic acids is 1. The van der Waals surface area contributed by atoms with E-state index in [9.17, 15) is 9.59 Å². The number of rotatable bonds is 5. The molecule has 0 radical (unpaired) electrons. The fraction of sp³-hybridized carbons (Fsp3) is 0.818. The molecule has 7 heteroatoms. The number of nitrogens with zero attached hydrogens (tertiary/aromatic N) is 1. The first-order valence-electron chi connectivity index (χ1n) is 5.88. The molecule has 1 saturated heterocycles. The van der Waals surface area contributed by atoms with Crippen LogP contribution in [0.2, 0.25) is 0 Å². The van der Waals surface area contributed by atoms with Gasteiger partial charge in [-0.15, -0.1) is 11.8 Å². The second-order valence-electron chi connectivity index (χ2n) is 4.45. The molecule has 2 amide bonds. The van der Waals surface area contributed by atoms with Gasteiger partial charge in [-0.2, -0.15) is 11.8 Å². The Bertz CT molecular complexity index is 313. The number of carboxylic acids is 1. The molecule has 0 aromatic heterocycles. The van der Waals surface area contributed by atoms with E-state index in [2.05, 4.69) is 5.32 Å². The zero-order chi connectivity index (χ0) is 13.7. The molecule has 0 bridgehead atoms. The van der Waals surface area contributed by atoms with Gasteiger partial charge in [0.25, 0.3) is 0 Å². The highest BCUT2D eigenvalue weighted by Gasteiger charge is 2.42. The first-order chi connectivity index (χ1) is 8.49. The Kier molecular flexibility index (Phi) is 6.14. The second-order valence-corrected chi connectivity index (χ2v) is 6.59. The lowest BCUT2D eigenvalue weighted by Crippen LogP contribution is -2.51. The van der Waals surface area contributed by atoms with E-state index < -0.39 is 12.0 Å². The zero-order valence-electron chi connectivity index (χ0n) is 10.9. The smallest absolute Gasteiger partial charge is 0.327 e. The van der Waals surface area contributed by atoms with Crippen LogP contribution in [0, 0.1) is 5.92 Å². The van der Waals surface area contributed by atoms with Crippen molar-refractivity contribution in [3.05, 3.63) is 0 Å². The van der Waals surface area contributed by atoms with Crippen LogP contribution in [0.4, 0.5) is 4.79 Å². The highest BCUT2D eigenvalue weighted by Crippen LogP contribution is 2.33. The second kappa shape index (κ2) is 7.13. The van der Waals surface area contributed by atoms with Gasteiger partial charge in [0.15, 0.2) is 0 Å². The summed E-state index contributed by atoms with van der Waals surface area (Å²) in [6.45, 7) is 4.58. The van der Waals surface area contributed by atoms with E-state index in [1.807, 2.05) is 20.1 Å². The summed E-state index contributed by atoms with van der Waals surface area (Å²) in [5, 5.41) is 11.9. The van der Waals surface area contributed by atoms with Gasteiger partial charge in [-0.3, -0.25) is 4.90 Å². The lowest BCUT2D eigenvalue weighted by Gasteiger charge is -2.29. The van der Waals surface area contributed by atoms with Crippen LogP contribution in [0.1, 0.15) is 13.8 Å². The maximum atomic E-state index is 12.1. The average Bonchev–Trinajstić information content (AvgIpc) is 2.73. The standard InChI is InChI=1S/C11H20N2O3S2/c1-7(2)9-13(8(6-18-9)10(14)15)11(16)12-4-5-17-3/h7-9H,4-6H2,1-3H3,(H,12,16)(H,14,15). The summed E-state index contributed by atoms with van der Waals surface area (Å²) < 4.78 is 0. The predicted octanol–water partition coefficient (Wildman–Crippen LogP) is 1.54. The Morgan fingerprint density at radius 3 is 2.72 bits per heavy atom. The molecule has 2 atom stereocenters. The summed E-state index contributed by atoms with van der Waals surface area (Å²) in [5.74, 6) is 0.613. The van der Waals surface area contributed by atoms with Crippen LogP contribution in [0.5, 0.6) is 0 Å². The van der Waals surface area contributed by atoms with Crippen molar-refractivity contribution in [2.24, 2.45) is 5.92 Å². The van der Waals surface area contributed by atoms with Crippen molar-refractivity contribution < 1.29 is 14.7 Å². The quantitative estimate of drug-likeness (QED) is 0.752. The van der Waals surface area contributed by atoms with Crippen molar-refractivity contribution in [1.29, 1.82) is 0 Å². The number of carbonyl (C=O) groups is 2. The number of amides is 2. The monoisotopic (exact) mass is 292 g/mol. The molecule has 0 aromatic rings. The number of carboxylic acid groups (broad SMARTS) is 1. The molecule has 0 aliphatic carbocycles. The van der Waals surface area contributed by atoms with Gasteiger partial charge < -0.3 is 10.4 Å². The normalized spacial score (nSPS) is 23.4. The van der Waals surface area contributed by atoms with Gasteiger partial charge in [0.05, 0.1) is 5.37 Å². The third kappa shape index (κ3) is 3.71. The van der Waals surface area contributed by atoms with E-state index in [0.29, 0.717) is 12.3 Å². The van der Waals surface area contributed by atoms with Crippen LogP contribution >= 0.6 is 23.5 Å². The van der Waals surface area contributed by atoms with E-state index in [-0.39, 0.29) is 17.3 Å². The van der Waals surface area contributed by atoms with Gasteiger partial charge in [-0.05, 0) is 12.2 Å². The molecule has 1 fully saturated rings. The van der Waals surface area contributed by atoms with Crippen LogP contribution in [0.25, 0.3) is 0 Å². The largest absolute Gasteiger partial charge is 0.480 e. The molecule has 0 aromatic carbocycles. The fourth-order valence-corrected chi connectivity index (χ4v) is 3.62. The Hall–Kier alpha value is -0.560. The van der Waals surface area contributed by atoms with Gasteiger partial charge in [-0.1, -0.05) is 13.8 Å². The van der Waals surface area contributed by atoms with E-state index in [0.717, 1.165) is 5.75 Å². The molecule has 2 unspecified atom stereocenters. The molecule has 0 saturated carbocycles. The van der Waals surface area contributed by atoms with E-state index in [4.69, 9.17) is 5.11 Å². The summed E-state index contributed by atoms with van der Waals surface area (Å²) in [6, 6.07) is -0.975. The molecule has 1 rings (SSSR count). The summed E-state index contributed by atoms with van der Waals surface area (Å²) >= 11 is 3.19. The van der Waals surface area contributed by atoms with Crippen molar-refractivity contribution in [3.63, 3.8) is 0 Å². The van der Waals surface area contributed by atoms with E-state index in [1.165, 1.54) is 4.90 Å². The number of hydrogen-bond donors (Lipinski definition) is 2. The lowest BCUT2D eigenvalue weighted by atomic mass is 10.2. The minimum Gasteiger partial charge on any atom is -0.480 e. The molecular weight excluding hydrogens is 272 g/mol. The third-order valence-corrected chi connectivity index (χ3v) is 4.94. The molecule has 18 heavy (non-hydrogen) atoms. The molecule has 104 valence electrons. The third-order valence-electron chi connectivity index (χ3n) is 2.71. The summed E-state index contributed by atoms with van der Waals surface area (Å²) in [6.07, 6.45) is 1.97. The van der Waals surface area contributed by atoms with Gasteiger partial charge in [-0.25, -0.2) is 9.59 Å². The van der Waals surface area contributed by atoms with Crippen LogP contribution in [0.3, 0.4) is 0 Å². The lowest BCUT2D eigenvalue weighted by molar-refractivity contribution is -0.141. The Balaban J connectivity index is 2.70. The Labute approximate surface area is 116 Å². The summed E-state index contributed by atoms with van der Waals surface area (Å²) in [7, 11) is 0. The van der Waals surface area contributed by atoms with Gasteiger partial charge in [0, 0.05) is 18.1 Å².